The number of nitrogens with zero attached hydrogens (tertiary/aromatic N) is 3. The zero-order valence-electron chi connectivity index (χ0n) is 12.2. The Morgan fingerprint density at radius 2 is 2.14 bits per heavy atom. The Balaban J connectivity index is 1.56. The molecule has 1 N–H and O–H groups in total. The normalized spacial score (nSPS) is 12.5. The molecule has 2 aromatic heterocycles. The number of halogens is 1. The molecule has 0 spiro atoms. The molecule has 0 bridgehead atoms. The van der Waals surface area contributed by atoms with Crippen LogP contribution in [-0.4, -0.2) is 20.7 Å². The predicted molar refractivity (Wildman–Crippen MR) is 80.4 cm³/mol. The fraction of sp³-hybridized carbons (Fsp3) is 0.250. The van der Waals surface area contributed by atoms with Crippen LogP contribution in [0.3, 0.4) is 0 Å². The van der Waals surface area contributed by atoms with Crippen molar-refractivity contribution in [3.8, 4) is 11.3 Å². The molecule has 0 aliphatic carbocycles. The van der Waals surface area contributed by atoms with E-state index in [2.05, 4.69) is 22.4 Å². The van der Waals surface area contributed by atoms with Crippen LogP contribution in [0.2, 0.25) is 0 Å². The van der Waals surface area contributed by atoms with Gasteiger partial charge in [0.1, 0.15) is 11.5 Å². The van der Waals surface area contributed by atoms with Gasteiger partial charge in [-0.1, -0.05) is 5.16 Å². The fourth-order valence-corrected chi connectivity index (χ4v) is 2.20. The molecule has 1 atom stereocenters. The smallest absolute Gasteiger partial charge is 0.151 e. The van der Waals surface area contributed by atoms with Crippen molar-refractivity contribution in [2.24, 2.45) is 0 Å². The van der Waals surface area contributed by atoms with Gasteiger partial charge in [-0.3, -0.25) is 0 Å². The van der Waals surface area contributed by atoms with E-state index in [1.807, 2.05) is 16.8 Å². The van der Waals surface area contributed by atoms with Crippen LogP contribution in [-0.2, 0) is 13.1 Å². The van der Waals surface area contributed by atoms with Crippen LogP contribution < -0.4 is 5.32 Å². The fourth-order valence-electron chi connectivity index (χ4n) is 2.20. The molecule has 1 aromatic carbocycles. The molecule has 6 heteroatoms. The molecule has 3 aromatic rings. The summed E-state index contributed by atoms with van der Waals surface area (Å²) < 4.78 is 20.2. The first-order valence-corrected chi connectivity index (χ1v) is 7.11. The Morgan fingerprint density at radius 3 is 2.86 bits per heavy atom. The molecule has 0 saturated heterocycles. The number of benzene rings is 1. The topological polar surface area (TPSA) is 55.9 Å². The summed E-state index contributed by atoms with van der Waals surface area (Å²) in [5, 5.41) is 7.39. The van der Waals surface area contributed by atoms with Crippen molar-refractivity contribution in [3.63, 3.8) is 0 Å². The molecule has 0 radical (unpaired) electrons. The minimum Gasteiger partial charge on any atom is -0.359 e. The molecule has 0 aliphatic heterocycles. The molecule has 0 aliphatic rings. The van der Waals surface area contributed by atoms with Crippen molar-refractivity contribution in [3.05, 3.63) is 60.6 Å². The van der Waals surface area contributed by atoms with Crippen molar-refractivity contribution >= 4 is 0 Å². The van der Waals surface area contributed by atoms with Crippen LogP contribution in [0.1, 0.15) is 12.7 Å². The molecule has 114 valence electrons. The van der Waals surface area contributed by atoms with E-state index in [4.69, 9.17) is 4.52 Å². The molecule has 5 nitrogen and oxygen atoms in total. The van der Waals surface area contributed by atoms with Gasteiger partial charge in [-0.25, -0.2) is 9.37 Å². The van der Waals surface area contributed by atoms with Gasteiger partial charge < -0.3 is 14.4 Å². The van der Waals surface area contributed by atoms with Gasteiger partial charge in [0.2, 0.25) is 0 Å². The van der Waals surface area contributed by atoms with Gasteiger partial charge in [0.15, 0.2) is 5.76 Å². The minimum absolute atomic E-state index is 0.262. The first-order chi connectivity index (χ1) is 10.7. The Hall–Kier alpha value is -2.47. The zero-order valence-corrected chi connectivity index (χ0v) is 12.2. The van der Waals surface area contributed by atoms with Crippen LogP contribution in [0.25, 0.3) is 11.3 Å². The van der Waals surface area contributed by atoms with Crippen molar-refractivity contribution < 1.29 is 8.91 Å². The Labute approximate surface area is 127 Å². The summed E-state index contributed by atoms with van der Waals surface area (Å²) in [6, 6.07) is 8.33. The quantitative estimate of drug-likeness (QED) is 0.760. The van der Waals surface area contributed by atoms with E-state index in [1.165, 1.54) is 12.1 Å². The van der Waals surface area contributed by atoms with E-state index in [0.29, 0.717) is 12.2 Å². The van der Waals surface area contributed by atoms with Gasteiger partial charge in [-0.15, -0.1) is 0 Å². The lowest BCUT2D eigenvalue weighted by Gasteiger charge is -2.12. The average Bonchev–Trinajstić information content (AvgIpc) is 3.17. The molecule has 1 unspecified atom stereocenters. The minimum atomic E-state index is -0.262. The molecular weight excluding hydrogens is 283 g/mol. The average molecular weight is 300 g/mol. The van der Waals surface area contributed by atoms with E-state index >= 15 is 0 Å². The lowest BCUT2D eigenvalue weighted by atomic mass is 10.1. The van der Waals surface area contributed by atoms with E-state index in [-0.39, 0.29) is 11.9 Å². The van der Waals surface area contributed by atoms with Gasteiger partial charge in [0.05, 0.1) is 12.9 Å². The third-order valence-electron chi connectivity index (χ3n) is 3.37. The van der Waals surface area contributed by atoms with Crippen molar-refractivity contribution in [2.45, 2.75) is 26.1 Å². The lowest BCUT2D eigenvalue weighted by molar-refractivity contribution is 0.360. The first-order valence-electron chi connectivity index (χ1n) is 7.11. The summed E-state index contributed by atoms with van der Waals surface area (Å²) >= 11 is 0. The van der Waals surface area contributed by atoms with Crippen LogP contribution in [0.15, 0.2) is 53.6 Å². The van der Waals surface area contributed by atoms with Gasteiger partial charge in [0.25, 0.3) is 0 Å². The highest BCUT2D eigenvalue weighted by molar-refractivity contribution is 5.58. The van der Waals surface area contributed by atoms with Crippen LogP contribution in [0, 0.1) is 5.82 Å². The number of imidazole rings is 1. The van der Waals surface area contributed by atoms with Crippen LogP contribution >= 0.6 is 0 Å². The van der Waals surface area contributed by atoms with E-state index in [9.17, 15) is 4.39 Å². The van der Waals surface area contributed by atoms with Gasteiger partial charge in [0, 0.05) is 36.6 Å². The number of nitrogens with one attached hydrogen (secondary N) is 1. The highest BCUT2D eigenvalue weighted by Gasteiger charge is 2.08. The zero-order chi connectivity index (χ0) is 15.4. The molecule has 0 fully saturated rings. The highest BCUT2D eigenvalue weighted by atomic mass is 19.1. The van der Waals surface area contributed by atoms with E-state index in [1.54, 1.807) is 24.7 Å². The second kappa shape index (κ2) is 6.53. The number of aromatic nitrogens is 3. The largest absolute Gasteiger partial charge is 0.359 e. The summed E-state index contributed by atoms with van der Waals surface area (Å²) in [5.41, 5.74) is 1.54. The standard InChI is InChI=1S/C16H17FN4O/c1-12(10-21-7-6-18-11-21)19-9-15-8-16(20-22-15)13-2-4-14(17)5-3-13/h2-8,11-12,19H,9-10H2,1H3. The Kier molecular flexibility index (Phi) is 4.29. The van der Waals surface area contributed by atoms with Gasteiger partial charge >= 0.3 is 0 Å². The number of hydrogen-bond acceptors (Lipinski definition) is 4. The van der Waals surface area contributed by atoms with Gasteiger partial charge in [-0.2, -0.15) is 0 Å². The maximum absolute atomic E-state index is 12.9. The second-order valence-electron chi connectivity index (χ2n) is 5.23. The molecule has 22 heavy (non-hydrogen) atoms. The number of hydrogen-bond donors (Lipinski definition) is 1. The molecule has 2 heterocycles. The van der Waals surface area contributed by atoms with Gasteiger partial charge in [-0.05, 0) is 31.2 Å². The summed E-state index contributed by atoms with van der Waals surface area (Å²) in [6.07, 6.45) is 5.48. The lowest BCUT2D eigenvalue weighted by Crippen LogP contribution is -2.29. The van der Waals surface area contributed by atoms with E-state index in [0.717, 1.165) is 17.9 Å². The summed E-state index contributed by atoms with van der Waals surface area (Å²) in [4.78, 5) is 4.02. The third kappa shape index (κ3) is 3.59. The number of rotatable bonds is 6. The van der Waals surface area contributed by atoms with E-state index < -0.39 is 0 Å². The third-order valence-corrected chi connectivity index (χ3v) is 3.37. The summed E-state index contributed by atoms with van der Waals surface area (Å²) in [6.45, 7) is 3.51. The summed E-state index contributed by atoms with van der Waals surface area (Å²) in [7, 11) is 0. The maximum atomic E-state index is 12.9. The first kappa shape index (κ1) is 14.5. The molecule has 0 saturated carbocycles. The second-order valence-corrected chi connectivity index (χ2v) is 5.23. The van der Waals surface area contributed by atoms with Crippen molar-refractivity contribution in [1.82, 2.24) is 20.0 Å². The Morgan fingerprint density at radius 1 is 1.32 bits per heavy atom. The maximum Gasteiger partial charge on any atom is 0.151 e. The SMILES string of the molecule is CC(Cn1ccnc1)NCc1cc(-c2ccc(F)cc2)no1. The van der Waals surface area contributed by atoms with Crippen LogP contribution in [0.4, 0.5) is 4.39 Å². The predicted octanol–water partition coefficient (Wildman–Crippen LogP) is 2.86. The molecule has 0 amide bonds. The van der Waals surface area contributed by atoms with Crippen LogP contribution in [0.5, 0.6) is 0 Å². The molecular formula is C16H17FN4O. The highest BCUT2D eigenvalue weighted by Crippen LogP contribution is 2.19. The molecule has 3 rings (SSSR count). The van der Waals surface area contributed by atoms with Crippen molar-refractivity contribution in [2.75, 3.05) is 0 Å². The summed E-state index contributed by atoms with van der Waals surface area (Å²) in [5.74, 6) is 0.485. The monoisotopic (exact) mass is 300 g/mol. The Bertz CT molecular complexity index is 706. The van der Waals surface area contributed by atoms with Crippen molar-refractivity contribution in [1.29, 1.82) is 0 Å².